The molecule has 0 bridgehead atoms. The Hall–Kier alpha value is -11.9. The van der Waals surface area contributed by atoms with Crippen LogP contribution in [0.15, 0.2) is 316 Å². The Morgan fingerprint density at radius 1 is 0.205 bits per heavy atom. The number of hydrogen-bond acceptors (Lipinski definition) is 2. The van der Waals surface area contributed by atoms with E-state index in [1.807, 2.05) is 12.4 Å². The molecule has 0 amide bonds. The first kappa shape index (κ1) is 49.6. The van der Waals surface area contributed by atoms with Gasteiger partial charge in [-0.15, -0.1) is 0 Å². The van der Waals surface area contributed by atoms with E-state index in [-0.39, 0.29) is 0 Å². The van der Waals surface area contributed by atoms with Gasteiger partial charge in [-0.1, -0.05) is 224 Å². The fourth-order valence-electron chi connectivity index (χ4n) is 14.1. The lowest BCUT2D eigenvalue weighted by atomic mass is 10.0. The zero-order valence-electron chi connectivity index (χ0n) is 47.7. The number of aromatic nitrogens is 6. The largest absolute Gasteiger partial charge is 0.305 e. The molecule has 410 valence electrons. The highest BCUT2D eigenvalue weighted by molar-refractivity contribution is 6.17. The summed E-state index contributed by atoms with van der Waals surface area (Å²) in [4.78, 5) is 11.6. The predicted molar refractivity (Wildman–Crippen MR) is 367 cm³/mol. The van der Waals surface area contributed by atoms with Crippen LogP contribution in [0.5, 0.6) is 0 Å². The highest BCUT2D eigenvalue weighted by Gasteiger charge is 2.33. The molecule has 6 nitrogen and oxygen atoms in total. The number of pyridine rings is 2. The molecule has 0 fully saturated rings. The van der Waals surface area contributed by atoms with Crippen LogP contribution in [0.1, 0.15) is 0 Å². The van der Waals surface area contributed by atoms with Crippen molar-refractivity contribution >= 4 is 87.2 Å². The third-order valence-corrected chi connectivity index (χ3v) is 18.0. The zero-order valence-corrected chi connectivity index (χ0v) is 47.7. The highest BCUT2D eigenvalue weighted by atomic mass is 15.2. The molecule has 0 atom stereocenters. The van der Waals surface area contributed by atoms with Gasteiger partial charge in [0.25, 0.3) is 0 Å². The number of hydrogen-bond donors (Lipinski definition) is 0. The maximum atomic E-state index is 6.57. The Labute approximate surface area is 507 Å². The van der Waals surface area contributed by atoms with Crippen molar-refractivity contribution in [2.75, 3.05) is 0 Å². The van der Waals surface area contributed by atoms with Crippen LogP contribution in [0.3, 0.4) is 0 Å². The van der Waals surface area contributed by atoms with Gasteiger partial charge < -0.3 is 9.13 Å². The third kappa shape index (κ3) is 7.62. The number of fused-ring (bicyclic) bond motifs is 12. The Bertz CT molecular complexity index is 5140. The van der Waals surface area contributed by atoms with Crippen LogP contribution in [0.4, 0.5) is 0 Å². The van der Waals surface area contributed by atoms with E-state index in [1.54, 1.807) is 0 Å². The van der Waals surface area contributed by atoms with Crippen molar-refractivity contribution in [2.24, 2.45) is 0 Å². The van der Waals surface area contributed by atoms with Crippen molar-refractivity contribution in [1.82, 2.24) is 28.2 Å². The molecule has 6 heteroatoms. The van der Waals surface area contributed by atoms with Crippen LogP contribution < -0.4 is 0 Å². The van der Waals surface area contributed by atoms with Crippen LogP contribution in [0, 0.1) is 0 Å². The van der Waals surface area contributed by atoms with Crippen molar-refractivity contribution < 1.29 is 0 Å². The quantitative estimate of drug-likeness (QED) is 0.145. The van der Waals surface area contributed by atoms with Gasteiger partial charge in [0.2, 0.25) is 0 Å². The van der Waals surface area contributed by atoms with Gasteiger partial charge in [0.15, 0.2) is 11.6 Å². The Morgan fingerprint density at radius 2 is 0.477 bits per heavy atom. The van der Waals surface area contributed by atoms with E-state index in [2.05, 4.69) is 322 Å². The fraction of sp³-hybridized carbons (Fsp3) is 0. The van der Waals surface area contributed by atoms with Crippen molar-refractivity contribution in [3.63, 3.8) is 0 Å². The maximum absolute atomic E-state index is 6.57. The van der Waals surface area contributed by atoms with Gasteiger partial charge in [-0.05, 0) is 123 Å². The van der Waals surface area contributed by atoms with Crippen LogP contribution in [-0.4, -0.2) is 28.2 Å². The van der Waals surface area contributed by atoms with Crippen LogP contribution in [-0.2, 0) is 0 Å². The molecule has 0 aliphatic rings. The first-order valence-corrected chi connectivity index (χ1v) is 30.0. The lowest BCUT2D eigenvalue weighted by Crippen LogP contribution is -2.16. The van der Waals surface area contributed by atoms with Gasteiger partial charge in [-0.25, -0.2) is 4.98 Å². The number of nitrogens with zero attached hydrogens (tertiary/aromatic N) is 6. The van der Waals surface area contributed by atoms with E-state index in [1.165, 1.54) is 0 Å². The third-order valence-electron chi connectivity index (χ3n) is 18.0. The minimum atomic E-state index is 0.765. The molecule has 6 heterocycles. The minimum Gasteiger partial charge on any atom is -0.305 e. The minimum absolute atomic E-state index is 0.765. The van der Waals surface area contributed by atoms with Crippen molar-refractivity contribution in [1.29, 1.82) is 0 Å². The molecular weight excluding hydrogens is 1070 g/mol. The van der Waals surface area contributed by atoms with Crippen molar-refractivity contribution in [3.8, 4) is 78.6 Å². The molecule has 0 spiro atoms. The molecule has 0 N–H and O–H groups in total. The molecular formula is C82H52N6. The summed E-state index contributed by atoms with van der Waals surface area (Å²) in [6.07, 6.45) is 3.93. The van der Waals surface area contributed by atoms with Gasteiger partial charge >= 0.3 is 0 Å². The van der Waals surface area contributed by atoms with E-state index in [9.17, 15) is 0 Å². The maximum Gasteiger partial charge on any atom is 0.165 e. The lowest BCUT2D eigenvalue weighted by Gasteiger charge is -2.26. The van der Waals surface area contributed by atoms with E-state index < -0.39 is 0 Å². The molecule has 0 aliphatic carbocycles. The molecule has 0 saturated carbocycles. The van der Waals surface area contributed by atoms with Gasteiger partial charge in [0, 0.05) is 66.6 Å². The Balaban J connectivity index is 1.09. The summed E-state index contributed by atoms with van der Waals surface area (Å²) in [7, 11) is 0. The van der Waals surface area contributed by atoms with Gasteiger partial charge in [-0.3, -0.25) is 14.1 Å². The second-order valence-electron chi connectivity index (χ2n) is 22.9. The van der Waals surface area contributed by atoms with Gasteiger partial charge in [-0.2, -0.15) is 0 Å². The average Bonchev–Trinajstić information content (AvgIpc) is 1.51. The molecule has 0 saturated heterocycles. The molecule has 18 aromatic rings. The van der Waals surface area contributed by atoms with E-state index in [0.29, 0.717) is 0 Å². The fourth-order valence-corrected chi connectivity index (χ4v) is 14.1. The molecule has 0 unspecified atom stereocenters. The highest BCUT2D eigenvalue weighted by Crippen LogP contribution is 2.50. The number of benzene rings is 12. The molecule has 0 radical (unpaired) electrons. The summed E-state index contributed by atoms with van der Waals surface area (Å²) in [5.41, 5.74) is 21.3. The average molecular weight is 1120 g/mol. The van der Waals surface area contributed by atoms with E-state index in [0.717, 1.165) is 166 Å². The summed E-state index contributed by atoms with van der Waals surface area (Å²) >= 11 is 0. The number of para-hydroxylation sites is 4. The van der Waals surface area contributed by atoms with E-state index in [4.69, 9.17) is 9.97 Å². The summed E-state index contributed by atoms with van der Waals surface area (Å²) < 4.78 is 9.91. The topological polar surface area (TPSA) is 45.5 Å². The molecule has 6 aromatic heterocycles. The monoisotopic (exact) mass is 1120 g/mol. The predicted octanol–water partition coefficient (Wildman–Crippen LogP) is 21.2. The SMILES string of the molecule is c1ccc(-c2ccc3c(c2)c2cc(-c4ccccc4)ccc2n3-c2nc(-n3c4ccc(-c5ccccc5)cc4c4cc(-c5ccccc5)ccc43)c(-n3c4ccccc4c4ccccc43)c(-c3cccnc3)c2-n2c3ccccc3c3ccccc32)cc1. The smallest absolute Gasteiger partial charge is 0.165 e. The molecule has 0 aliphatic heterocycles. The standard InChI is InChI=1S/C82H52N6/c1-5-22-53(23-6-1)57-39-43-74-66(48-57)67-49-58(54-24-7-2-8-25-54)40-44-75(67)87(74)81-79(85-70-35-17-13-31-62(70)63-32-14-18-36-71(63)85)78(61-30-21-47-83-52-61)80(86-72-37-19-15-33-64(72)65-34-16-20-38-73(65)86)82(84-81)88-76-45-41-59(55-26-9-3-10-27-55)50-68(76)69-51-60(42-46-77(69)88)56-28-11-4-12-29-56/h1-52H. The Kier molecular flexibility index (Phi) is 11.2. The Morgan fingerprint density at radius 3 is 0.773 bits per heavy atom. The second kappa shape index (κ2) is 19.9. The molecule has 12 aromatic carbocycles. The number of rotatable bonds is 9. The first-order valence-electron chi connectivity index (χ1n) is 30.0. The zero-order chi connectivity index (χ0) is 57.8. The van der Waals surface area contributed by atoms with Crippen molar-refractivity contribution in [2.45, 2.75) is 0 Å². The van der Waals surface area contributed by atoms with Crippen LogP contribution in [0.2, 0.25) is 0 Å². The van der Waals surface area contributed by atoms with Crippen LogP contribution >= 0.6 is 0 Å². The first-order chi connectivity index (χ1) is 43.7. The second-order valence-corrected chi connectivity index (χ2v) is 22.9. The molecule has 88 heavy (non-hydrogen) atoms. The summed E-state index contributed by atoms with van der Waals surface area (Å²) in [5.74, 6) is 1.53. The molecule has 18 rings (SSSR count). The van der Waals surface area contributed by atoms with Crippen LogP contribution in [0.25, 0.3) is 166 Å². The lowest BCUT2D eigenvalue weighted by molar-refractivity contribution is 0.961. The van der Waals surface area contributed by atoms with Crippen molar-refractivity contribution in [3.05, 3.63) is 316 Å². The summed E-state index contributed by atoms with van der Waals surface area (Å²) in [5, 5.41) is 9.09. The summed E-state index contributed by atoms with van der Waals surface area (Å²) in [6.45, 7) is 0. The van der Waals surface area contributed by atoms with Gasteiger partial charge in [0.1, 0.15) is 11.4 Å². The normalized spacial score (nSPS) is 11.9. The van der Waals surface area contributed by atoms with Gasteiger partial charge in [0.05, 0.1) is 44.1 Å². The summed E-state index contributed by atoms with van der Waals surface area (Å²) in [6, 6.07) is 111. The van der Waals surface area contributed by atoms with E-state index >= 15 is 0 Å².